The van der Waals surface area contributed by atoms with Gasteiger partial charge in [-0.05, 0) is 37.1 Å². The predicted octanol–water partition coefficient (Wildman–Crippen LogP) is 3.47. The van der Waals surface area contributed by atoms with Gasteiger partial charge in [-0.15, -0.1) is 0 Å². The number of aromatic nitrogens is 3. The third-order valence-corrected chi connectivity index (χ3v) is 4.10. The molecule has 1 aromatic carbocycles. The van der Waals surface area contributed by atoms with Crippen molar-refractivity contribution in [3.63, 3.8) is 0 Å². The predicted molar refractivity (Wildman–Crippen MR) is 99.0 cm³/mol. The molecule has 0 spiro atoms. The first kappa shape index (κ1) is 17.4. The van der Waals surface area contributed by atoms with Gasteiger partial charge >= 0.3 is 5.69 Å². The number of hydrogen-bond acceptors (Lipinski definition) is 3. The third kappa shape index (κ3) is 3.65. The summed E-state index contributed by atoms with van der Waals surface area (Å²) >= 11 is 6.04. The van der Waals surface area contributed by atoms with Crippen LogP contribution in [0, 0.1) is 5.82 Å². The van der Waals surface area contributed by atoms with Crippen molar-refractivity contribution in [3.05, 3.63) is 57.4 Å². The van der Waals surface area contributed by atoms with E-state index in [4.69, 9.17) is 17.3 Å². The highest BCUT2D eigenvalue weighted by atomic mass is 35.5. The van der Waals surface area contributed by atoms with Crippen LogP contribution in [-0.2, 0) is 7.05 Å². The van der Waals surface area contributed by atoms with Crippen molar-refractivity contribution in [1.29, 1.82) is 0 Å². The molecule has 0 saturated carbocycles. The van der Waals surface area contributed by atoms with Crippen LogP contribution in [0.4, 0.5) is 4.39 Å². The summed E-state index contributed by atoms with van der Waals surface area (Å²) in [4.78, 5) is 18.6. The molecule has 3 aromatic rings. The number of rotatable bonds is 4. The topological polar surface area (TPSA) is 76.7 Å². The average molecular weight is 361 g/mol. The fourth-order valence-electron chi connectivity index (χ4n) is 2.56. The van der Waals surface area contributed by atoms with Gasteiger partial charge in [-0.1, -0.05) is 23.8 Å². The molecular formula is C18H18ClFN4O. The molecule has 0 fully saturated rings. The largest absolute Gasteiger partial charge is 0.349 e. The summed E-state index contributed by atoms with van der Waals surface area (Å²) in [6.45, 7) is 1.91. The Labute approximate surface area is 148 Å². The zero-order chi connectivity index (χ0) is 18.1. The normalized spacial score (nSPS) is 13.0. The van der Waals surface area contributed by atoms with Crippen LogP contribution in [0.15, 0.2) is 35.3 Å². The van der Waals surface area contributed by atoms with Crippen LogP contribution in [-0.4, -0.2) is 20.6 Å². The highest BCUT2D eigenvalue weighted by Crippen LogP contribution is 2.31. The molecule has 2 heterocycles. The van der Waals surface area contributed by atoms with Crippen LogP contribution in [0.1, 0.15) is 18.9 Å². The van der Waals surface area contributed by atoms with Crippen LogP contribution < -0.4 is 11.4 Å². The zero-order valence-electron chi connectivity index (χ0n) is 13.9. The van der Waals surface area contributed by atoms with Crippen LogP contribution in [0.25, 0.3) is 28.4 Å². The molecule has 130 valence electrons. The Kier molecular flexibility index (Phi) is 4.74. The maximum atomic E-state index is 14.5. The van der Waals surface area contributed by atoms with Gasteiger partial charge in [0.25, 0.3) is 0 Å². The number of hydrogen-bond donors (Lipinski definition) is 2. The van der Waals surface area contributed by atoms with Gasteiger partial charge < -0.3 is 15.3 Å². The molecule has 1 atom stereocenters. The highest BCUT2D eigenvalue weighted by molar-refractivity contribution is 6.31. The van der Waals surface area contributed by atoms with Gasteiger partial charge in [0.05, 0.1) is 10.7 Å². The Hall–Kier alpha value is -2.44. The number of benzene rings is 1. The number of fused-ring (bicyclic) bond motifs is 1. The Morgan fingerprint density at radius 1 is 1.44 bits per heavy atom. The van der Waals surface area contributed by atoms with Gasteiger partial charge in [-0.3, -0.25) is 0 Å². The van der Waals surface area contributed by atoms with Crippen molar-refractivity contribution in [3.8, 4) is 11.3 Å². The summed E-state index contributed by atoms with van der Waals surface area (Å²) in [5.74, 6) is -0.524. The van der Waals surface area contributed by atoms with E-state index in [0.29, 0.717) is 28.7 Å². The minimum absolute atomic E-state index is 0.0274. The number of nitrogens with two attached hydrogens (primary N) is 1. The Morgan fingerprint density at radius 2 is 2.20 bits per heavy atom. The van der Waals surface area contributed by atoms with Crippen molar-refractivity contribution >= 4 is 28.7 Å². The van der Waals surface area contributed by atoms with E-state index in [0.717, 1.165) is 5.56 Å². The fraction of sp³-hybridized carbons (Fsp3) is 0.222. The second-order valence-electron chi connectivity index (χ2n) is 6.10. The molecule has 0 saturated heterocycles. The summed E-state index contributed by atoms with van der Waals surface area (Å²) < 4.78 is 15.9. The minimum Gasteiger partial charge on any atom is -0.339 e. The second kappa shape index (κ2) is 6.82. The smallest absolute Gasteiger partial charge is 0.339 e. The van der Waals surface area contributed by atoms with Gasteiger partial charge in [-0.2, -0.15) is 4.98 Å². The van der Waals surface area contributed by atoms with Crippen molar-refractivity contribution in [1.82, 2.24) is 14.5 Å². The van der Waals surface area contributed by atoms with E-state index in [1.807, 2.05) is 19.1 Å². The van der Waals surface area contributed by atoms with E-state index in [9.17, 15) is 9.18 Å². The van der Waals surface area contributed by atoms with Crippen molar-refractivity contribution < 1.29 is 4.39 Å². The first-order valence-corrected chi connectivity index (χ1v) is 8.21. The molecule has 7 heteroatoms. The SMILES string of the molecule is C[C@H](N)C/C=C/c1cc(Cl)c(F)c(-c2cc3cn(C)c(=O)nc3[nH]2)c1. The van der Waals surface area contributed by atoms with E-state index < -0.39 is 5.82 Å². The van der Waals surface area contributed by atoms with Crippen LogP contribution in [0.5, 0.6) is 0 Å². The number of nitrogens with one attached hydrogen (secondary N) is 1. The fourth-order valence-corrected chi connectivity index (χ4v) is 2.78. The maximum absolute atomic E-state index is 14.5. The van der Waals surface area contributed by atoms with Gasteiger partial charge in [0.1, 0.15) is 5.65 Å². The Morgan fingerprint density at radius 3 is 2.92 bits per heavy atom. The third-order valence-electron chi connectivity index (χ3n) is 3.83. The molecule has 25 heavy (non-hydrogen) atoms. The van der Waals surface area contributed by atoms with E-state index in [1.54, 1.807) is 31.4 Å². The first-order valence-electron chi connectivity index (χ1n) is 7.83. The molecule has 0 unspecified atom stereocenters. The summed E-state index contributed by atoms with van der Waals surface area (Å²) in [7, 11) is 1.61. The van der Waals surface area contributed by atoms with Crippen LogP contribution in [0.2, 0.25) is 5.02 Å². The molecule has 0 aliphatic carbocycles. The molecular weight excluding hydrogens is 343 g/mol. The van der Waals surface area contributed by atoms with E-state index in [-0.39, 0.29) is 16.8 Å². The Bertz CT molecular complexity index is 1020. The number of aryl methyl sites for hydroxylation is 1. The first-order chi connectivity index (χ1) is 11.8. The van der Waals surface area contributed by atoms with Crippen molar-refractivity contribution in [2.45, 2.75) is 19.4 Å². The molecule has 5 nitrogen and oxygen atoms in total. The summed E-state index contributed by atoms with van der Waals surface area (Å²) in [5.41, 5.74) is 7.35. The zero-order valence-corrected chi connectivity index (χ0v) is 14.6. The number of halogens is 2. The van der Waals surface area contributed by atoms with E-state index >= 15 is 0 Å². The lowest BCUT2D eigenvalue weighted by atomic mass is 10.1. The Balaban J connectivity index is 2.08. The van der Waals surface area contributed by atoms with E-state index in [1.165, 1.54) is 4.57 Å². The van der Waals surface area contributed by atoms with Crippen molar-refractivity contribution in [2.75, 3.05) is 0 Å². The molecule has 0 bridgehead atoms. The molecule has 0 aliphatic rings. The van der Waals surface area contributed by atoms with Gasteiger partial charge in [0.2, 0.25) is 0 Å². The van der Waals surface area contributed by atoms with Crippen molar-refractivity contribution in [2.24, 2.45) is 12.8 Å². The minimum atomic E-state index is -0.524. The molecule has 0 radical (unpaired) electrons. The standard InChI is InChI=1S/C18H18ClFN4O/c1-10(21)4-3-5-11-6-13(16(20)14(19)7-11)15-8-12-9-24(2)18(25)23-17(12)22-15/h3,5-10H,4,21H2,1-2H3,(H,22,23,25)/b5-3+/t10-/m0/s1. The van der Waals surface area contributed by atoms with Gasteiger partial charge in [0, 0.05) is 30.2 Å². The highest BCUT2D eigenvalue weighted by Gasteiger charge is 2.14. The molecule has 0 aliphatic heterocycles. The number of nitrogens with zero attached hydrogens (tertiary/aromatic N) is 2. The lowest BCUT2D eigenvalue weighted by molar-refractivity contribution is 0.631. The lowest BCUT2D eigenvalue weighted by Gasteiger charge is -2.05. The summed E-state index contributed by atoms with van der Waals surface area (Å²) in [6.07, 6.45) is 6.14. The summed E-state index contributed by atoms with van der Waals surface area (Å²) in [6, 6.07) is 5.05. The van der Waals surface area contributed by atoms with Crippen LogP contribution >= 0.6 is 11.6 Å². The number of aromatic amines is 1. The summed E-state index contributed by atoms with van der Waals surface area (Å²) in [5, 5.41) is 0.741. The molecule has 3 rings (SSSR count). The molecule has 2 aromatic heterocycles. The van der Waals surface area contributed by atoms with E-state index in [2.05, 4.69) is 9.97 Å². The quantitative estimate of drug-likeness (QED) is 0.747. The number of H-pyrrole nitrogens is 1. The monoisotopic (exact) mass is 360 g/mol. The molecule has 0 amide bonds. The molecule has 3 N–H and O–H groups in total. The van der Waals surface area contributed by atoms with Gasteiger partial charge in [0.15, 0.2) is 5.82 Å². The lowest BCUT2D eigenvalue weighted by Crippen LogP contribution is -2.18. The maximum Gasteiger partial charge on any atom is 0.349 e. The second-order valence-corrected chi connectivity index (χ2v) is 6.51. The van der Waals surface area contributed by atoms with Crippen LogP contribution in [0.3, 0.4) is 0 Å². The van der Waals surface area contributed by atoms with Gasteiger partial charge in [-0.25, -0.2) is 9.18 Å². The average Bonchev–Trinajstić information content (AvgIpc) is 2.93.